The van der Waals surface area contributed by atoms with Crippen LogP contribution in [0.4, 0.5) is 23.2 Å². The van der Waals surface area contributed by atoms with E-state index in [0.29, 0.717) is 27.8 Å². The fourth-order valence-corrected chi connectivity index (χ4v) is 4.37. The van der Waals surface area contributed by atoms with Gasteiger partial charge in [0.25, 0.3) is 0 Å². The number of benzene rings is 2. The van der Waals surface area contributed by atoms with E-state index in [1.807, 2.05) is 12.1 Å². The molecule has 0 saturated heterocycles. The molecule has 0 aliphatic carbocycles. The second-order valence-corrected chi connectivity index (χ2v) is 10.5. The first-order chi connectivity index (χ1) is 19.5. The lowest BCUT2D eigenvalue weighted by Crippen LogP contribution is -2.28. The SMILES string of the molecule is Cc1nc2ccc(-c3cnc(C(C)(C)O)nc3)cc2c(N[C@H](C)c2cc(CC(=O)OC(=O)C(F)(F)F)ccc2F)c1Cl. The molecule has 8 nitrogen and oxygen atoms in total. The van der Waals surface area contributed by atoms with Crippen LogP contribution >= 0.6 is 11.6 Å². The predicted octanol–water partition coefficient (Wildman–Crippen LogP) is 6.37. The third kappa shape index (κ3) is 6.82. The number of rotatable bonds is 7. The van der Waals surface area contributed by atoms with Crippen LogP contribution in [0, 0.1) is 12.7 Å². The molecule has 2 N–H and O–H groups in total. The minimum atomic E-state index is -5.32. The minimum absolute atomic E-state index is 0.0906. The molecule has 0 saturated carbocycles. The Morgan fingerprint density at radius 1 is 1.07 bits per heavy atom. The first kappa shape index (κ1) is 30.8. The molecule has 0 fully saturated rings. The number of anilines is 1. The highest BCUT2D eigenvalue weighted by molar-refractivity contribution is 6.35. The van der Waals surface area contributed by atoms with Gasteiger partial charge in [0.15, 0.2) is 5.82 Å². The number of carbonyl (C=O) groups is 2. The molecule has 2 aromatic carbocycles. The van der Waals surface area contributed by atoms with Gasteiger partial charge >= 0.3 is 18.1 Å². The van der Waals surface area contributed by atoms with E-state index in [0.717, 1.165) is 11.6 Å². The Bertz CT molecular complexity index is 1670. The summed E-state index contributed by atoms with van der Waals surface area (Å²) in [7, 11) is 0. The summed E-state index contributed by atoms with van der Waals surface area (Å²) in [6, 6.07) is 8.25. The van der Waals surface area contributed by atoms with Crippen LogP contribution in [0.15, 0.2) is 48.8 Å². The van der Waals surface area contributed by atoms with Crippen LogP contribution in [0.5, 0.6) is 0 Å². The van der Waals surface area contributed by atoms with Gasteiger partial charge in [-0.2, -0.15) is 13.2 Å². The van der Waals surface area contributed by atoms with E-state index in [1.54, 1.807) is 46.2 Å². The lowest BCUT2D eigenvalue weighted by molar-refractivity contribution is -0.201. The molecule has 0 amide bonds. The van der Waals surface area contributed by atoms with E-state index in [9.17, 15) is 32.3 Å². The van der Waals surface area contributed by atoms with Crippen molar-refractivity contribution >= 4 is 40.1 Å². The fourth-order valence-electron chi connectivity index (χ4n) is 4.17. The highest BCUT2D eigenvalue weighted by Crippen LogP contribution is 2.37. The average Bonchev–Trinajstić information content (AvgIpc) is 2.91. The number of halogens is 5. The minimum Gasteiger partial charge on any atom is -0.386 e. The van der Waals surface area contributed by atoms with Crippen molar-refractivity contribution in [3.63, 3.8) is 0 Å². The molecule has 220 valence electrons. The van der Waals surface area contributed by atoms with Crippen molar-refractivity contribution in [2.24, 2.45) is 0 Å². The highest BCUT2D eigenvalue weighted by Gasteiger charge is 2.42. The van der Waals surface area contributed by atoms with Crippen molar-refractivity contribution in [3.8, 4) is 11.1 Å². The lowest BCUT2D eigenvalue weighted by Gasteiger charge is -2.21. The summed E-state index contributed by atoms with van der Waals surface area (Å²) in [5.74, 6) is -4.44. The number of aliphatic hydroxyl groups is 1. The van der Waals surface area contributed by atoms with Gasteiger partial charge in [0.2, 0.25) is 0 Å². The molecule has 1 atom stereocenters. The summed E-state index contributed by atoms with van der Waals surface area (Å²) in [6.07, 6.45) is -2.85. The molecule has 0 bridgehead atoms. The number of alkyl halides is 3. The Hall–Kier alpha value is -4.16. The summed E-state index contributed by atoms with van der Waals surface area (Å²) in [4.78, 5) is 35.9. The molecule has 4 rings (SSSR count). The molecule has 2 heterocycles. The number of aromatic nitrogens is 3. The van der Waals surface area contributed by atoms with E-state index < -0.39 is 42.0 Å². The maximum absolute atomic E-state index is 14.9. The van der Waals surface area contributed by atoms with Crippen molar-refractivity contribution in [2.75, 3.05) is 5.32 Å². The number of fused-ring (bicyclic) bond motifs is 1. The summed E-state index contributed by atoms with van der Waals surface area (Å²) >= 11 is 6.64. The first-order valence-corrected chi connectivity index (χ1v) is 12.9. The van der Waals surface area contributed by atoms with Gasteiger partial charge in [0.05, 0.1) is 34.4 Å². The number of nitrogens with one attached hydrogen (secondary N) is 1. The third-order valence-corrected chi connectivity index (χ3v) is 6.76. The van der Waals surface area contributed by atoms with Crippen LogP contribution in [0.25, 0.3) is 22.0 Å². The zero-order valence-corrected chi connectivity index (χ0v) is 23.6. The molecular formula is C29H25ClF4N4O4. The highest BCUT2D eigenvalue weighted by atomic mass is 35.5. The zero-order valence-electron chi connectivity index (χ0n) is 22.8. The van der Waals surface area contributed by atoms with Crippen molar-refractivity contribution < 1.29 is 37.0 Å². The average molecular weight is 605 g/mol. The van der Waals surface area contributed by atoms with Gasteiger partial charge in [-0.25, -0.2) is 19.2 Å². The number of hydrogen-bond donors (Lipinski definition) is 2. The van der Waals surface area contributed by atoms with Crippen LogP contribution in [-0.2, 0) is 26.3 Å². The van der Waals surface area contributed by atoms with Crippen molar-refractivity contribution in [3.05, 3.63) is 82.3 Å². The Kier molecular flexibility index (Phi) is 8.51. The van der Waals surface area contributed by atoms with Crippen LogP contribution in [0.1, 0.15) is 49.5 Å². The zero-order chi connectivity index (χ0) is 31.0. The van der Waals surface area contributed by atoms with Gasteiger partial charge in [0, 0.05) is 28.9 Å². The van der Waals surface area contributed by atoms with E-state index in [2.05, 4.69) is 25.0 Å². The molecule has 0 spiro atoms. The van der Waals surface area contributed by atoms with E-state index >= 15 is 0 Å². The van der Waals surface area contributed by atoms with E-state index in [1.165, 1.54) is 12.1 Å². The number of pyridine rings is 1. The maximum Gasteiger partial charge on any atom is 0.491 e. The van der Waals surface area contributed by atoms with Crippen LogP contribution < -0.4 is 5.32 Å². The second kappa shape index (κ2) is 11.6. The van der Waals surface area contributed by atoms with E-state index in [-0.39, 0.29) is 22.0 Å². The molecule has 0 unspecified atom stereocenters. The molecule has 13 heteroatoms. The predicted molar refractivity (Wildman–Crippen MR) is 147 cm³/mol. The Morgan fingerprint density at radius 2 is 1.74 bits per heavy atom. The lowest BCUT2D eigenvalue weighted by atomic mass is 10.0. The molecule has 42 heavy (non-hydrogen) atoms. The van der Waals surface area contributed by atoms with Gasteiger partial charge in [-0.15, -0.1) is 0 Å². The number of carbonyl (C=O) groups excluding carboxylic acids is 2. The van der Waals surface area contributed by atoms with Crippen molar-refractivity contribution in [1.82, 2.24) is 15.0 Å². The Labute approximate surface area is 242 Å². The fraction of sp³-hybridized carbons (Fsp3) is 0.276. The number of esters is 2. The molecule has 0 aliphatic heterocycles. The van der Waals surface area contributed by atoms with Gasteiger partial charge in [0.1, 0.15) is 11.4 Å². The molecule has 4 aromatic rings. The molecule has 0 aliphatic rings. The Morgan fingerprint density at radius 3 is 2.36 bits per heavy atom. The smallest absolute Gasteiger partial charge is 0.386 e. The topological polar surface area (TPSA) is 114 Å². The summed E-state index contributed by atoms with van der Waals surface area (Å²) in [5.41, 5.74) is 1.95. The van der Waals surface area contributed by atoms with Crippen molar-refractivity contribution in [2.45, 2.75) is 51.9 Å². The number of nitrogens with zero attached hydrogens (tertiary/aromatic N) is 3. The van der Waals surface area contributed by atoms with Crippen LogP contribution in [-0.4, -0.2) is 38.2 Å². The van der Waals surface area contributed by atoms with Gasteiger partial charge in [-0.1, -0.05) is 29.8 Å². The maximum atomic E-state index is 14.9. The number of aryl methyl sites for hydroxylation is 1. The van der Waals surface area contributed by atoms with Crippen LogP contribution in [0.2, 0.25) is 5.02 Å². The Balaban J connectivity index is 1.65. The van der Waals surface area contributed by atoms with Gasteiger partial charge in [-0.05, 0) is 57.0 Å². The summed E-state index contributed by atoms with van der Waals surface area (Å²) < 4.78 is 56.0. The van der Waals surface area contributed by atoms with Gasteiger partial charge < -0.3 is 15.2 Å². The van der Waals surface area contributed by atoms with E-state index in [4.69, 9.17) is 11.6 Å². The normalized spacial score (nSPS) is 12.7. The number of ether oxygens (including phenoxy) is 1. The number of hydrogen-bond acceptors (Lipinski definition) is 8. The monoisotopic (exact) mass is 604 g/mol. The third-order valence-electron chi connectivity index (χ3n) is 6.30. The van der Waals surface area contributed by atoms with Gasteiger partial charge in [-0.3, -0.25) is 9.78 Å². The largest absolute Gasteiger partial charge is 0.491 e. The molecule has 0 radical (unpaired) electrons. The summed E-state index contributed by atoms with van der Waals surface area (Å²) in [5, 5.41) is 14.2. The van der Waals surface area contributed by atoms with Crippen LogP contribution in [0.3, 0.4) is 0 Å². The second-order valence-electron chi connectivity index (χ2n) is 10.1. The molecular weight excluding hydrogens is 580 g/mol. The summed E-state index contributed by atoms with van der Waals surface area (Å²) in [6.45, 7) is 6.50. The quantitative estimate of drug-likeness (QED) is 0.142. The molecule has 2 aromatic heterocycles. The standard InChI is InChI=1S/C29H25ClF4N4O4/c1-14(19-9-16(5-7-21(19)31)10-23(39)42-27(40)29(32,33)34)38-25-20-11-17(6-8-22(20)37-15(2)24(25)30)18-12-35-26(36-13-18)28(3,4)41/h5-9,11-14,41H,10H2,1-4H3,(H,37,38)/t14-/m1/s1. The van der Waals surface area contributed by atoms with Crippen molar-refractivity contribution in [1.29, 1.82) is 0 Å². The first-order valence-electron chi connectivity index (χ1n) is 12.6.